The van der Waals surface area contributed by atoms with Crippen LogP contribution in [0.5, 0.6) is 0 Å². The van der Waals surface area contributed by atoms with Crippen LogP contribution in [-0.4, -0.2) is 10.2 Å². The van der Waals surface area contributed by atoms with Crippen LogP contribution in [0.25, 0.3) is 10.9 Å². The summed E-state index contributed by atoms with van der Waals surface area (Å²) in [5, 5.41) is 8.85. The lowest BCUT2D eigenvalue weighted by Gasteiger charge is -2.05. The molecule has 5 heteroatoms. The average molecular weight is 239 g/mol. The van der Waals surface area contributed by atoms with Crippen molar-refractivity contribution in [2.75, 3.05) is 5.43 Å². The van der Waals surface area contributed by atoms with Crippen molar-refractivity contribution in [2.45, 2.75) is 0 Å². The molecule has 2 aromatic rings. The second kappa shape index (κ2) is 3.27. The maximum absolute atomic E-state index is 5.37. The van der Waals surface area contributed by atoms with Crippen molar-refractivity contribution in [3.05, 3.63) is 28.9 Å². The summed E-state index contributed by atoms with van der Waals surface area (Å²) in [4.78, 5) is 0. The van der Waals surface area contributed by atoms with Gasteiger partial charge in [0.25, 0.3) is 0 Å². The van der Waals surface area contributed by atoms with Crippen molar-refractivity contribution in [3.63, 3.8) is 0 Å². The molecule has 1 aromatic carbocycles. The molecule has 0 amide bonds. The molecule has 3 N–H and O–H groups in total. The van der Waals surface area contributed by atoms with Crippen LogP contribution in [0.15, 0.2) is 28.9 Å². The zero-order valence-electron chi connectivity index (χ0n) is 6.66. The summed E-state index contributed by atoms with van der Waals surface area (Å²) < 4.78 is 0.619. The number of nitrogen functional groups attached to an aromatic ring is 1. The molecule has 0 saturated heterocycles. The minimum atomic E-state index is 0.619. The first-order valence-electron chi connectivity index (χ1n) is 3.70. The van der Waals surface area contributed by atoms with E-state index in [4.69, 9.17) is 5.84 Å². The van der Waals surface area contributed by atoms with Crippen LogP contribution >= 0.6 is 15.9 Å². The fourth-order valence-electron chi connectivity index (χ4n) is 1.17. The second-order valence-electron chi connectivity index (χ2n) is 2.53. The Morgan fingerprint density at radius 3 is 2.77 bits per heavy atom. The highest BCUT2D eigenvalue weighted by molar-refractivity contribution is 9.10. The number of hydrazine groups is 1. The van der Waals surface area contributed by atoms with Crippen LogP contribution < -0.4 is 11.3 Å². The van der Waals surface area contributed by atoms with E-state index in [2.05, 4.69) is 31.6 Å². The number of benzene rings is 1. The number of hydrogen-bond donors (Lipinski definition) is 2. The first kappa shape index (κ1) is 8.40. The highest BCUT2D eigenvalue weighted by Crippen LogP contribution is 2.26. The molecule has 4 nitrogen and oxygen atoms in total. The van der Waals surface area contributed by atoms with Crippen LogP contribution in [0.3, 0.4) is 0 Å². The molecule has 1 aromatic heterocycles. The number of nitrogens with one attached hydrogen (secondary N) is 1. The summed E-state index contributed by atoms with van der Waals surface area (Å²) in [6, 6.07) is 7.65. The standard InChI is InChI=1S/C8H7BrN4/c9-8-7(11-10)5-3-1-2-4-6(5)12-13-8/h1-4H,10H2,(H,11,12). The van der Waals surface area contributed by atoms with E-state index in [9.17, 15) is 0 Å². The van der Waals surface area contributed by atoms with E-state index in [0.717, 1.165) is 16.6 Å². The summed E-state index contributed by atoms with van der Waals surface area (Å²) in [7, 11) is 0. The highest BCUT2D eigenvalue weighted by Gasteiger charge is 2.05. The third kappa shape index (κ3) is 1.36. The van der Waals surface area contributed by atoms with E-state index in [1.54, 1.807) is 0 Å². The SMILES string of the molecule is NNc1c(Br)nnc2ccccc12. The number of anilines is 1. The van der Waals surface area contributed by atoms with Gasteiger partial charge in [-0.2, -0.15) is 0 Å². The maximum atomic E-state index is 5.37. The van der Waals surface area contributed by atoms with Crippen LogP contribution in [0.1, 0.15) is 0 Å². The lowest BCUT2D eigenvalue weighted by molar-refractivity contribution is 1.04. The predicted octanol–water partition coefficient (Wildman–Crippen LogP) is 1.68. The minimum absolute atomic E-state index is 0.619. The van der Waals surface area contributed by atoms with E-state index in [-0.39, 0.29) is 0 Å². The Bertz CT molecular complexity index is 443. The number of nitrogens with two attached hydrogens (primary N) is 1. The minimum Gasteiger partial charge on any atom is -0.321 e. The quantitative estimate of drug-likeness (QED) is 0.587. The van der Waals surface area contributed by atoms with E-state index >= 15 is 0 Å². The van der Waals surface area contributed by atoms with Gasteiger partial charge in [-0.15, -0.1) is 10.2 Å². The van der Waals surface area contributed by atoms with Crippen molar-refractivity contribution >= 4 is 32.5 Å². The fourth-order valence-corrected chi connectivity index (χ4v) is 1.58. The molecule has 13 heavy (non-hydrogen) atoms. The molecular weight excluding hydrogens is 232 g/mol. The molecular formula is C8H7BrN4. The van der Waals surface area contributed by atoms with E-state index < -0.39 is 0 Å². The Morgan fingerprint density at radius 1 is 1.23 bits per heavy atom. The lowest BCUT2D eigenvalue weighted by Crippen LogP contribution is -2.09. The smallest absolute Gasteiger partial charge is 0.153 e. The third-order valence-corrected chi connectivity index (χ3v) is 2.32. The molecule has 0 radical (unpaired) electrons. The predicted molar refractivity (Wildman–Crippen MR) is 55.0 cm³/mol. The zero-order valence-corrected chi connectivity index (χ0v) is 8.25. The van der Waals surface area contributed by atoms with Crippen molar-refractivity contribution in [3.8, 4) is 0 Å². The molecule has 0 spiro atoms. The van der Waals surface area contributed by atoms with Crippen molar-refractivity contribution in [1.82, 2.24) is 10.2 Å². The Hall–Kier alpha value is -1.20. The first-order chi connectivity index (χ1) is 6.33. The van der Waals surface area contributed by atoms with Gasteiger partial charge in [0.1, 0.15) is 0 Å². The summed E-state index contributed by atoms with van der Waals surface area (Å²) in [5.74, 6) is 5.37. The monoisotopic (exact) mass is 238 g/mol. The number of halogens is 1. The lowest BCUT2D eigenvalue weighted by atomic mass is 10.2. The molecule has 0 fully saturated rings. The molecule has 1 heterocycles. The number of nitrogens with zero attached hydrogens (tertiary/aromatic N) is 2. The van der Waals surface area contributed by atoms with Crippen molar-refractivity contribution < 1.29 is 0 Å². The largest absolute Gasteiger partial charge is 0.321 e. The van der Waals surface area contributed by atoms with Gasteiger partial charge in [-0.1, -0.05) is 18.2 Å². The molecule has 2 rings (SSSR count). The third-order valence-electron chi connectivity index (χ3n) is 1.77. The van der Waals surface area contributed by atoms with Crippen LogP contribution in [0, 0.1) is 0 Å². The second-order valence-corrected chi connectivity index (χ2v) is 3.28. The number of rotatable bonds is 1. The van der Waals surface area contributed by atoms with E-state index in [1.807, 2.05) is 24.3 Å². The van der Waals surface area contributed by atoms with Crippen molar-refractivity contribution in [1.29, 1.82) is 0 Å². The molecule has 0 aliphatic carbocycles. The summed E-state index contributed by atoms with van der Waals surface area (Å²) in [6.07, 6.45) is 0. The molecule has 0 unspecified atom stereocenters. The average Bonchev–Trinajstić information content (AvgIpc) is 2.18. The van der Waals surface area contributed by atoms with Gasteiger partial charge in [-0.25, -0.2) is 0 Å². The summed E-state index contributed by atoms with van der Waals surface area (Å²) in [5.41, 5.74) is 4.16. The molecule has 0 atom stereocenters. The van der Waals surface area contributed by atoms with Crippen molar-refractivity contribution in [2.24, 2.45) is 5.84 Å². The van der Waals surface area contributed by atoms with Gasteiger partial charge < -0.3 is 5.43 Å². The Morgan fingerprint density at radius 2 is 2.00 bits per heavy atom. The molecule has 0 saturated carbocycles. The van der Waals surface area contributed by atoms with Gasteiger partial charge in [-0.3, -0.25) is 5.84 Å². The summed E-state index contributed by atoms with van der Waals surface area (Å²) >= 11 is 3.26. The van der Waals surface area contributed by atoms with Gasteiger partial charge in [0, 0.05) is 5.39 Å². The normalized spacial score (nSPS) is 10.3. The van der Waals surface area contributed by atoms with Crippen LogP contribution in [0.4, 0.5) is 5.69 Å². The van der Waals surface area contributed by atoms with Gasteiger partial charge in [0.05, 0.1) is 11.2 Å². The topological polar surface area (TPSA) is 63.8 Å². The highest BCUT2D eigenvalue weighted by atomic mass is 79.9. The molecule has 0 aliphatic heterocycles. The first-order valence-corrected chi connectivity index (χ1v) is 4.50. The number of aromatic nitrogens is 2. The zero-order chi connectivity index (χ0) is 9.26. The maximum Gasteiger partial charge on any atom is 0.153 e. The molecule has 0 aliphatic rings. The van der Waals surface area contributed by atoms with Gasteiger partial charge in [-0.05, 0) is 22.0 Å². The Kier molecular flexibility index (Phi) is 2.12. The van der Waals surface area contributed by atoms with Gasteiger partial charge in [0.2, 0.25) is 0 Å². The van der Waals surface area contributed by atoms with Gasteiger partial charge >= 0.3 is 0 Å². The summed E-state index contributed by atoms with van der Waals surface area (Å²) in [6.45, 7) is 0. The number of fused-ring (bicyclic) bond motifs is 1. The Labute approximate surface area is 83.2 Å². The fraction of sp³-hybridized carbons (Fsp3) is 0. The Balaban J connectivity index is 2.84. The van der Waals surface area contributed by atoms with E-state index in [0.29, 0.717) is 4.60 Å². The molecule has 0 bridgehead atoms. The molecule has 66 valence electrons. The number of hydrogen-bond acceptors (Lipinski definition) is 4. The van der Waals surface area contributed by atoms with Crippen LogP contribution in [0.2, 0.25) is 0 Å². The van der Waals surface area contributed by atoms with Crippen LogP contribution in [-0.2, 0) is 0 Å². The van der Waals surface area contributed by atoms with Gasteiger partial charge in [0.15, 0.2) is 4.60 Å². The van der Waals surface area contributed by atoms with E-state index in [1.165, 1.54) is 0 Å².